The molecule has 2 atom stereocenters. The third kappa shape index (κ3) is 3.64. The van der Waals surface area contributed by atoms with Gasteiger partial charge >= 0.3 is 0 Å². The van der Waals surface area contributed by atoms with Crippen LogP contribution in [0.15, 0.2) is 18.2 Å². The lowest BCUT2D eigenvalue weighted by molar-refractivity contribution is 0.107. The molecule has 0 bridgehead atoms. The van der Waals surface area contributed by atoms with Gasteiger partial charge in [-0.2, -0.15) is 0 Å². The SMILES string of the molecule is CCOc1cccc(CN(C)CC2CCCC2O)c1O. The fourth-order valence-corrected chi connectivity index (χ4v) is 2.95. The van der Waals surface area contributed by atoms with Gasteiger partial charge in [0.25, 0.3) is 0 Å². The van der Waals surface area contributed by atoms with Gasteiger partial charge in [0.15, 0.2) is 11.5 Å². The Hall–Kier alpha value is -1.26. The number of ether oxygens (including phenoxy) is 1. The van der Waals surface area contributed by atoms with Crippen LogP contribution in [0, 0.1) is 5.92 Å². The summed E-state index contributed by atoms with van der Waals surface area (Å²) in [6, 6.07) is 5.60. The number of benzene rings is 1. The Bertz CT molecular complexity index is 436. The minimum absolute atomic E-state index is 0.166. The maximum atomic E-state index is 10.2. The Morgan fingerprint density at radius 1 is 1.35 bits per heavy atom. The second-order valence-electron chi connectivity index (χ2n) is 5.65. The Morgan fingerprint density at radius 3 is 2.80 bits per heavy atom. The van der Waals surface area contributed by atoms with Crippen molar-refractivity contribution in [3.63, 3.8) is 0 Å². The number of aliphatic hydroxyl groups is 1. The van der Waals surface area contributed by atoms with Crippen LogP contribution in [0.4, 0.5) is 0 Å². The number of hydrogen-bond acceptors (Lipinski definition) is 4. The fourth-order valence-electron chi connectivity index (χ4n) is 2.95. The quantitative estimate of drug-likeness (QED) is 0.839. The molecule has 1 aromatic rings. The van der Waals surface area contributed by atoms with Crippen LogP contribution in [0.5, 0.6) is 11.5 Å². The minimum atomic E-state index is -0.166. The maximum absolute atomic E-state index is 10.2. The van der Waals surface area contributed by atoms with E-state index in [9.17, 15) is 10.2 Å². The lowest BCUT2D eigenvalue weighted by Crippen LogP contribution is -2.29. The van der Waals surface area contributed by atoms with Gasteiger partial charge in [-0.25, -0.2) is 0 Å². The number of nitrogens with zero attached hydrogens (tertiary/aromatic N) is 1. The first-order valence-electron chi connectivity index (χ1n) is 7.42. The summed E-state index contributed by atoms with van der Waals surface area (Å²) < 4.78 is 5.40. The summed E-state index contributed by atoms with van der Waals surface area (Å²) in [5.41, 5.74) is 0.867. The average Bonchev–Trinajstić information content (AvgIpc) is 2.80. The second kappa shape index (κ2) is 6.95. The number of phenolic OH excluding ortho intramolecular Hbond substituents is 1. The minimum Gasteiger partial charge on any atom is -0.504 e. The molecule has 0 radical (unpaired) electrons. The summed E-state index contributed by atoms with van der Waals surface area (Å²) >= 11 is 0. The highest BCUT2D eigenvalue weighted by molar-refractivity contribution is 5.45. The molecule has 1 aliphatic carbocycles. The van der Waals surface area contributed by atoms with Crippen molar-refractivity contribution in [2.45, 2.75) is 38.8 Å². The van der Waals surface area contributed by atoms with Crippen LogP contribution in [-0.4, -0.2) is 41.4 Å². The molecule has 1 aliphatic rings. The van der Waals surface area contributed by atoms with Crippen molar-refractivity contribution >= 4 is 0 Å². The van der Waals surface area contributed by atoms with Gasteiger partial charge in [-0.1, -0.05) is 18.6 Å². The molecule has 20 heavy (non-hydrogen) atoms. The van der Waals surface area contributed by atoms with E-state index in [1.165, 1.54) is 0 Å². The molecule has 0 aliphatic heterocycles. The molecule has 0 amide bonds. The van der Waals surface area contributed by atoms with E-state index in [4.69, 9.17) is 4.74 Å². The summed E-state index contributed by atoms with van der Waals surface area (Å²) in [6.45, 7) is 3.97. The molecule has 0 heterocycles. The number of para-hydroxylation sites is 1. The number of aliphatic hydroxyl groups excluding tert-OH is 1. The largest absolute Gasteiger partial charge is 0.504 e. The monoisotopic (exact) mass is 279 g/mol. The Kier molecular flexibility index (Phi) is 5.26. The zero-order valence-electron chi connectivity index (χ0n) is 12.4. The van der Waals surface area contributed by atoms with Gasteiger partial charge in [0.1, 0.15) is 0 Å². The molecule has 1 aromatic carbocycles. The maximum Gasteiger partial charge on any atom is 0.162 e. The van der Waals surface area contributed by atoms with Gasteiger partial charge < -0.3 is 19.8 Å². The van der Waals surface area contributed by atoms with Crippen molar-refractivity contribution in [1.29, 1.82) is 0 Å². The van der Waals surface area contributed by atoms with Crippen LogP contribution in [0.25, 0.3) is 0 Å². The molecule has 4 heteroatoms. The van der Waals surface area contributed by atoms with E-state index in [0.29, 0.717) is 24.8 Å². The van der Waals surface area contributed by atoms with Crippen molar-refractivity contribution in [2.24, 2.45) is 5.92 Å². The van der Waals surface area contributed by atoms with Crippen LogP contribution in [0.3, 0.4) is 0 Å². The van der Waals surface area contributed by atoms with Crippen molar-refractivity contribution < 1.29 is 14.9 Å². The van der Waals surface area contributed by atoms with E-state index in [0.717, 1.165) is 31.4 Å². The van der Waals surface area contributed by atoms with Crippen LogP contribution >= 0.6 is 0 Å². The van der Waals surface area contributed by atoms with E-state index in [1.54, 1.807) is 6.07 Å². The number of phenols is 1. The summed E-state index contributed by atoms with van der Waals surface area (Å²) in [7, 11) is 2.03. The van der Waals surface area contributed by atoms with Gasteiger partial charge in [0.05, 0.1) is 12.7 Å². The van der Waals surface area contributed by atoms with E-state index < -0.39 is 0 Å². The molecule has 1 fully saturated rings. The molecule has 1 saturated carbocycles. The van der Waals surface area contributed by atoms with Gasteiger partial charge in [0, 0.05) is 18.7 Å². The molecule has 4 nitrogen and oxygen atoms in total. The second-order valence-corrected chi connectivity index (χ2v) is 5.65. The topological polar surface area (TPSA) is 52.9 Å². The lowest BCUT2D eigenvalue weighted by Gasteiger charge is -2.23. The lowest BCUT2D eigenvalue weighted by atomic mass is 10.1. The highest BCUT2D eigenvalue weighted by Crippen LogP contribution is 2.31. The fraction of sp³-hybridized carbons (Fsp3) is 0.625. The van der Waals surface area contributed by atoms with Crippen LogP contribution < -0.4 is 4.74 Å². The standard InChI is InChI=1S/C16H25NO3/c1-3-20-15-9-5-7-13(16(15)19)11-17(2)10-12-6-4-8-14(12)18/h5,7,9,12,14,18-19H,3-4,6,8,10-11H2,1-2H3. The smallest absolute Gasteiger partial charge is 0.162 e. The number of rotatable bonds is 6. The van der Waals surface area contributed by atoms with Crippen LogP contribution in [0.1, 0.15) is 31.7 Å². The predicted octanol–water partition coefficient (Wildman–Crippen LogP) is 2.38. The highest BCUT2D eigenvalue weighted by atomic mass is 16.5. The zero-order chi connectivity index (χ0) is 14.5. The van der Waals surface area contributed by atoms with E-state index >= 15 is 0 Å². The molecule has 2 N–H and O–H groups in total. The molecule has 2 unspecified atom stereocenters. The highest BCUT2D eigenvalue weighted by Gasteiger charge is 2.26. The molecule has 0 aromatic heterocycles. The van der Waals surface area contributed by atoms with E-state index in [1.807, 2.05) is 26.1 Å². The Labute approximate surface area is 121 Å². The molecule has 0 spiro atoms. The molecule has 2 rings (SSSR count). The van der Waals surface area contributed by atoms with Crippen molar-refractivity contribution in [1.82, 2.24) is 4.90 Å². The summed E-state index contributed by atoms with van der Waals surface area (Å²) in [4.78, 5) is 2.16. The first kappa shape index (κ1) is 15.1. The Morgan fingerprint density at radius 2 is 2.15 bits per heavy atom. The summed E-state index contributed by atoms with van der Waals surface area (Å²) in [6.07, 6.45) is 2.96. The van der Waals surface area contributed by atoms with Crippen molar-refractivity contribution in [2.75, 3.05) is 20.2 Å². The first-order chi connectivity index (χ1) is 9.61. The molecule has 0 saturated heterocycles. The summed E-state index contributed by atoms with van der Waals surface area (Å²) in [5.74, 6) is 1.13. The zero-order valence-corrected chi connectivity index (χ0v) is 12.4. The first-order valence-corrected chi connectivity index (χ1v) is 7.42. The van der Waals surface area contributed by atoms with Crippen LogP contribution in [0.2, 0.25) is 0 Å². The van der Waals surface area contributed by atoms with E-state index in [-0.39, 0.29) is 11.9 Å². The van der Waals surface area contributed by atoms with Gasteiger partial charge in [-0.05, 0) is 38.8 Å². The van der Waals surface area contributed by atoms with Crippen LogP contribution in [-0.2, 0) is 6.54 Å². The van der Waals surface area contributed by atoms with Crippen molar-refractivity contribution in [3.8, 4) is 11.5 Å². The average molecular weight is 279 g/mol. The Balaban J connectivity index is 1.96. The number of hydrogen-bond donors (Lipinski definition) is 2. The third-order valence-corrected chi connectivity index (χ3v) is 3.99. The van der Waals surface area contributed by atoms with E-state index in [2.05, 4.69) is 4.90 Å². The molecular formula is C16H25NO3. The molecule has 112 valence electrons. The number of aromatic hydroxyl groups is 1. The van der Waals surface area contributed by atoms with Crippen molar-refractivity contribution in [3.05, 3.63) is 23.8 Å². The summed E-state index contributed by atoms with van der Waals surface area (Å²) in [5, 5.41) is 20.1. The normalized spacial score (nSPS) is 22.4. The third-order valence-electron chi connectivity index (χ3n) is 3.99. The van der Waals surface area contributed by atoms with Gasteiger partial charge in [-0.3, -0.25) is 0 Å². The van der Waals surface area contributed by atoms with Gasteiger partial charge in [0.2, 0.25) is 0 Å². The molecular weight excluding hydrogens is 254 g/mol. The predicted molar refractivity (Wildman–Crippen MR) is 79.0 cm³/mol. The van der Waals surface area contributed by atoms with Gasteiger partial charge in [-0.15, -0.1) is 0 Å².